The summed E-state index contributed by atoms with van der Waals surface area (Å²) in [5, 5.41) is 17.6. The highest BCUT2D eigenvalue weighted by atomic mass is 35.5. The Hall–Kier alpha value is -6.50. The van der Waals surface area contributed by atoms with E-state index >= 15 is 0 Å². The van der Waals surface area contributed by atoms with Crippen LogP contribution in [0.2, 0.25) is 25.5 Å². The average Bonchev–Trinajstić information content (AvgIpc) is 2.26. The number of methoxy groups -OCH3 is 2. The fourth-order valence-corrected chi connectivity index (χ4v) is 9.83. The number of rotatable bonds is 4. The monoisotopic (exact) mass is 1410 g/mol. The third-order valence-electron chi connectivity index (χ3n) is 12.3. The van der Waals surface area contributed by atoms with Crippen LogP contribution in [0.4, 0.5) is 13.2 Å². The molecule has 16 nitrogen and oxygen atoms in total. The van der Waals surface area contributed by atoms with Gasteiger partial charge in [-0.05, 0) is 162 Å². The smallest absolute Gasteiger partial charge is 0.434 e. The van der Waals surface area contributed by atoms with Gasteiger partial charge < -0.3 is 9.47 Å². The molecule has 0 bridgehead atoms. The summed E-state index contributed by atoms with van der Waals surface area (Å²) in [6.07, 6.45) is 10.7. The van der Waals surface area contributed by atoms with Gasteiger partial charge in [-0.15, -0.1) is 34.4 Å². The Kier molecular flexibility index (Phi) is 38.6. The highest BCUT2D eigenvalue weighted by Gasteiger charge is 2.35. The number of halogens is 8. The predicted molar refractivity (Wildman–Crippen MR) is 370 cm³/mol. The summed E-state index contributed by atoms with van der Waals surface area (Å²) in [6.45, 7) is 28.8. The number of aromatic nitrogens is 13. The molecule has 0 aromatic carbocycles. The number of aryl methyl sites for hydroxylation is 15. The van der Waals surface area contributed by atoms with E-state index in [1.165, 1.54) is 40.7 Å². The standard InChI is InChI=1S/C8H9NO2.C7H9NO.C7H9NS.C7H11NS.C7H9N.C6H9ClN2.C6H6ClN.C6H6F3NS.C5H6Cl2N2.C5H7ClN2/c1-6-5-9-4-3-7(6)8(10)11-2;2*1-6-4-3-5-8-7(6)9-2;1-4-7-5(2)9-6(3)8-7;1-6-4-3-5-8-7(6)2;1-4-5(2)8-9(3)6(4)7;1-5-3-2-4-8-6(5)7;1-3-5(6(7,8)9)10-4(2)11-3;1-3-4(6)5(7)8-9(3)2;1-4-5(6)3-7-8(4)2/h3-5H,1-2H3;2*3-5H,1-2H3;4H2,1-3H3;3-5H,1-2H3;1-3H3;2-4H,1H3;1-2H3;1-2H3;3H,1-2H3. The van der Waals surface area contributed by atoms with Gasteiger partial charge in [-0.2, -0.15) is 28.5 Å². The van der Waals surface area contributed by atoms with Gasteiger partial charge in [0.25, 0.3) is 0 Å². The Labute approximate surface area is 571 Å². The highest BCUT2D eigenvalue weighted by Crippen LogP contribution is 2.33. The van der Waals surface area contributed by atoms with Crippen LogP contribution >= 0.6 is 92.4 Å². The number of pyridine rings is 5. The molecule has 494 valence electrons. The Balaban J connectivity index is 0.000000506. The molecule has 0 saturated carbocycles. The van der Waals surface area contributed by atoms with E-state index < -0.39 is 11.9 Å². The summed E-state index contributed by atoms with van der Waals surface area (Å²) < 4.78 is 50.6. The van der Waals surface area contributed by atoms with Gasteiger partial charge in [-0.3, -0.25) is 24.0 Å². The summed E-state index contributed by atoms with van der Waals surface area (Å²) >= 11 is 32.8. The van der Waals surface area contributed by atoms with Crippen molar-refractivity contribution in [1.82, 2.24) is 64.2 Å². The zero-order valence-electron chi connectivity index (χ0n) is 55.2. The second-order valence-corrected chi connectivity index (χ2v) is 24.7. The average molecular weight is 1410 g/mol. The largest absolute Gasteiger partial charge is 0.481 e. The summed E-state index contributed by atoms with van der Waals surface area (Å²) in [7, 11) is 8.48. The lowest BCUT2D eigenvalue weighted by molar-refractivity contribution is -0.141. The lowest BCUT2D eigenvalue weighted by Crippen LogP contribution is -2.06. The molecule has 10 aromatic heterocycles. The van der Waals surface area contributed by atoms with E-state index in [4.69, 9.17) is 62.7 Å². The molecule has 0 spiro atoms. The van der Waals surface area contributed by atoms with Crippen LogP contribution in [0.1, 0.15) is 105 Å². The van der Waals surface area contributed by atoms with Crippen molar-refractivity contribution in [3.63, 3.8) is 0 Å². The molecule has 10 heterocycles. The normalized spacial score (nSPS) is 9.95. The van der Waals surface area contributed by atoms with Crippen molar-refractivity contribution >= 4 is 98.4 Å². The third kappa shape index (κ3) is 30.2. The molecular weight excluding hydrogens is 1330 g/mol. The molecule has 0 aliphatic carbocycles. The Morgan fingerprint density at radius 1 is 0.593 bits per heavy atom. The minimum atomic E-state index is -4.30. The zero-order valence-corrected chi connectivity index (χ0v) is 61.5. The maximum atomic E-state index is 12.0. The second-order valence-electron chi connectivity index (χ2n) is 19.2. The molecule has 0 saturated heterocycles. The van der Waals surface area contributed by atoms with Gasteiger partial charge in [0, 0.05) is 84.9 Å². The zero-order chi connectivity index (χ0) is 69.3. The molecule has 0 amide bonds. The number of nitrogens with zero attached hydrogens (tertiary/aromatic N) is 13. The number of carbonyl (C=O) groups is 1. The predicted octanol–water partition coefficient (Wildman–Crippen LogP) is 18.6. The van der Waals surface area contributed by atoms with Crippen LogP contribution in [-0.4, -0.2) is 90.7 Å². The van der Waals surface area contributed by atoms with Crippen LogP contribution in [0.3, 0.4) is 0 Å². The number of ether oxygens (including phenoxy) is 2. The second kappa shape index (κ2) is 42.6. The highest BCUT2D eigenvalue weighted by molar-refractivity contribution is 7.98. The van der Waals surface area contributed by atoms with Gasteiger partial charge in [-0.25, -0.2) is 29.7 Å². The van der Waals surface area contributed by atoms with Crippen molar-refractivity contribution in [1.29, 1.82) is 0 Å². The van der Waals surface area contributed by atoms with Crippen LogP contribution in [0, 0.1) is 96.9 Å². The topological polar surface area (TPSA) is 179 Å². The fraction of sp³-hybridized carbons (Fsp3) is 0.359. The van der Waals surface area contributed by atoms with E-state index in [0.29, 0.717) is 31.8 Å². The van der Waals surface area contributed by atoms with Gasteiger partial charge in [0.2, 0.25) is 5.88 Å². The van der Waals surface area contributed by atoms with E-state index in [-0.39, 0.29) is 10.8 Å². The van der Waals surface area contributed by atoms with Crippen molar-refractivity contribution in [2.24, 2.45) is 21.1 Å². The van der Waals surface area contributed by atoms with Crippen molar-refractivity contribution in [2.45, 2.75) is 121 Å². The summed E-state index contributed by atoms with van der Waals surface area (Å²) in [5.41, 5.74) is 11.6. The molecule has 0 aliphatic rings. The maximum absolute atomic E-state index is 12.0. The summed E-state index contributed by atoms with van der Waals surface area (Å²) in [6, 6.07) is 17.3. The van der Waals surface area contributed by atoms with Crippen LogP contribution in [0.25, 0.3) is 0 Å². The molecule has 10 rings (SSSR count). The number of thiazole rings is 2. The number of hydrogen-bond acceptors (Lipinski definition) is 16. The van der Waals surface area contributed by atoms with Crippen LogP contribution < -0.4 is 4.74 Å². The first-order valence-electron chi connectivity index (χ1n) is 27.6. The lowest BCUT2D eigenvalue weighted by atomic mass is 10.2. The minimum absolute atomic E-state index is 0.231. The summed E-state index contributed by atoms with van der Waals surface area (Å²) in [5.74, 6) is 0.391. The first kappa shape index (κ1) is 82.5. The number of thioether (sulfide) groups is 1. The molecule has 0 fully saturated rings. The molecule has 0 radical (unpaired) electrons. The van der Waals surface area contributed by atoms with E-state index in [9.17, 15) is 18.0 Å². The molecule has 27 heteroatoms. The van der Waals surface area contributed by atoms with Gasteiger partial charge in [0.1, 0.15) is 15.3 Å². The number of hydrogen-bond donors (Lipinski definition) is 0. The van der Waals surface area contributed by atoms with E-state index in [2.05, 4.69) is 102 Å². The van der Waals surface area contributed by atoms with Crippen LogP contribution in [-0.2, 0) is 38.5 Å². The lowest BCUT2D eigenvalue weighted by Gasteiger charge is -2.01. The molecular formula is C64H81Cl5F3N13O3S3. The molecule has 0 N–H and O–H groups in total. The van der Waals surface area contributed by atoms with Crippen LogP contribution in [0.15, 0.2) is 103 Å². The van der Waals surface area contributed by atoms with E-state index in [1.54, 1.807) is 95.3 Å². The van der Waals surface area contributed by atoms with Crippen molar-refractivity contribution in [3.8, 4) is 5.88 Å². The quantitative estimate of drug-likeness (QED) is 0.0922. The SMILES string of the molecule is CCc1nc(C)sc1C.COC(=O)c1ccncc1C.COc1ncccc1C.CSc1ncccc1C.Cc1c(Cl)c(Cl)nn1C.Cc1c(Cl)cnn1C.Cc1cccnc1C.Cc1cccnc1Cl.Cc1nc(C(F)(F)F)c(C)s1.Cc1nn(C)c(Cl)c1C. The molecule has 10 aromatic rings. The van der Waals surface area contributed by atoms with Crippen molar-refractivity contribution in [2.75, 3.05) is 20.5 Å². The first-order valence-corrected chi connectivity index (χ1v) is 32.4. The minimum Gasteiger partial charge on any atom is -0.481 e. The summed E-state index contributed by atoms with van der Waals surface area (Å²) in [4.78, 5) is 40.2. The fourth-order valence-electron chi connectivity index (χ4n) is 6.65. The number of carbonyl (C=O) groups excluding carboxylic acids is 1. The van der Waals surface area contributed by atoms with E-state index in [0.717, 1.165) is 78.0 Å². The molecule has 0 aliphatic heterocycles. The van der Waals surface area contributed by atoms with Crippen molar-refractivity contribution < 1.29 is 27.4 Å². The molecule has 0 unspecified atom stereocenters. The molecule has 91 heavy (non-hydrogen) atoms. The maximum Gasteiger partial charge on any atom is 0.434 e. The van der Waals surface area contributed by atoms with Gasteiger partial charge in [0.05, 0.1) is 68.8 Å². The third-order valence-corrected chi connectivity index (χ3v) is 17.0. The number of esters is 1. The van der Waals surface area contributed by atoms with E-state index in [1.807, 2.05) is 125 Å². The van der Waals surface area contributed by atoms with Gasteiger partial charge in [0.15, 0.2) is 10.8 Å². The first-order chi connectivity index (χ1) is 42.7. The van der Waals surface area contributed by atoms with Gasteiger partial charge in [-0.1, -0.05) is 89.2 Å². The Bertz CT molecular complexity index is 3530. The van der Waals surface area contributed by atoms with Crippen LogP contribution in [0.5, 0.6) is 5.88 Å². The Morgan fingerprint density at radius 2 is 1.14 bits per heavy atom. The Morgan fingerprint density at radius 3 is 1.41 bits per heavy atom. The number of alkyl halides is 3. The molecule has 0 atom stereocenters. The van der Waals surface area contributed by atoms with Crippen molar-refractivity contribution in [3.05, 3.63) is 216 Å². The van der Waals surface area contributed by atoms with Gasteiger partial charge >= 0.3 is 12.1 Å².